The zero-order valence-electron chi connectivity index (χ0n) is 8.34. The van der Waals surface area contributed by atoms with Crippen molar-refractivity contribution in [2.75, 3.05) is 11.9 Å². The molecule has 1 aliphatic carbocycles. The highest BCUT2D eigenvalue weighted by atomic mass is 16.1. The third kappa shape index (κ3) is 2.13. The highest BCUT2D eigenvalue weighted by Crippen LogP contribution is 2.37. The minimum Gasteiger partial charge on any atom is -0.370 e. The number of anilines is 1. The van der Waals surface area contributed by atoms with E-state index in [9.17, 15) is 4.79 Å². The topological polar surface area (TPSA) is 57.8 Å². The van der Waals surface area contributed by atoms with Crippen LogP contribution in [0.25, 0.3) is 0 Å². The molecule has 0 amide bonds. The van der Waals surface area contributed by atoms with Gasteiger partial charge < -0.3 is 10.3 Å². The Kier molecular flexibility index (Phi) is 2.52. The first-order chi connectivity index (χ1) is 6.79. The predicted octanol–water partition coefficient (Wildman–Crippen LogP) is 1.47. The first kappa shape index (κ1) is 9.24. The van der Waals surface area contributed by atoms with E-state index in [2.05, 4.69) is 22.2 Å². The highest BCUT2D eigenvalue weighted by Gasteiger charge is 2.26. The van der Waals surface area contributed by atoms with Gasteiger partial charge in [0.25, 0.3) is 5.56 Å². The summed E-state index contributed by atoms with van der Waals surface area (Å²) in [6, 6.07) is 1.52. The summed E-state index contributed by atoms with van der Waals surface area (Å²) in [6.45, 7) is 2.95. The molecule has 1 aromatic rings. The molecule has 1 saturated carbocycles. The fourth-order valence-corrected chi connectivity index (χ4v) is 1.37. The Balaban J connectivity index is 2.18. The summed E-state index contributed by atoms with van der Waals surface area (Å²) < 4.78 is 0. The number of rotatable bonds is 4. The fraction of sp³-hybridized carbons (Fsp3) is 0.600. The molecule has 1 heterocycles. The Morgan fingerprint density at radius 3 is 3.07 bits per heavy atom. The van der Waals surface area contributed by atoms with Crippen molar-refractivity contribution < 1.29 is 0 Å². The Labute approximate surface area is 82.8 Å². The Morgan fingerprint density at radius 1 is 1.64 bits per heavy atom. The van der Waals surface area contributed by atoms with E-state index in [0.29, 0.717) is 11.7 Å². The zero-order chi connectivity index (χ0) is 9.97. The first-order valence-electron chi connectivity index (χ1n) is 5.14. The molecule has 0 atom stereocenters. The van der Waals surface area contributed by atoms with Gasteiger partial charge in [0.15, 0.2) is 0 Å². The number of H-pyrrole nitrogens is 1. The largest absolute Gasteiger partial charge is 0.370 e. The second-order valence-corrected chi connectivity index (χ2v) is 3.72. The SMILES string of the molecule is CCCNc1cc(=O)[nH]c(C2CC2)n1. The normalized spacial score (nSPS) is 15.5. The van der Waals surface area contributed by atoms with Crippen LogP contribution in [0.5, 0.6) is 0 Å². The van der Waals surface area contributed by atoms with Crippen LogP contribution in [-0.2, 0) is 0 Å². The number of nitrogens with zero attached hydrogens (tertiary/aromatic N) is 1. The van der Waals surface area contributed by atoms with Crippen LogP contribution < -0.4 is 10.9 Å². The van der Waals surface area contributed by atoms with Crippen LogP contribution in [0, 0.1) is 0 Å². The Hall–Kier alpha value is -1.32. The Morgan fingerprint density at radius 2 is 2.43 bits per heavy atom. The van der Waals surface area contributed by atoms with E-state index in [1.165, 1.54) is 6.07 Å². The molecular weight excluding hydrogens is 178 g/mol. The summed E-state index contributed by atoms with van der Waals surface area (Å²) in [5.41, 5.74) is -0.0551. The molecule has 0 spiro atoms. The predicted molar refractivity (Wildman–Crippen MR) is 55.6 cm³/mol. The number of aromatic amines is 1. The molecule has 4 nitrogen and oxygen atoms in total. The van der Waals surface area contributed by atoms with E-state index in [1.54, 1.807) is 0 Å². The minimum atomic E-state index is -0.0551. The third-order valence-electron chi connectivity index (χ3n) is 2.28. The maximum Gasteiger partial charge on any atom is 0.252 e. The number of hydrogen-bond acceptors (Lipinski definition) is 3. The van der Waals surface area contributed by atoms with Gasteiger partial charge in [0.05, 0.1) is 0 Å². The molecular formula is C10H15N3O. The molecule has 0 bridgehead atoms. The van der Waals surface area contributed by atoms with Crippen LogP contribution in [-0.4, -0.2) is 16.5 Å². The molecule has 1 fully saturated rings. The van der Waals surface area contributed by atoms with E-state index in [0.717, 1.165) is 31.6 Å². The lowest BCUT2D eigenvalue weighted by Crippen LogP contribution is -2.13. The van der Waals surface area contributed by atoms with Gasteiger partial charge in [-0.2, -0.15) is 0 Å². The van der Waals surface area contributed by atoms with Crippen LogP contribution in [0.15, 0.2) is 10.9 Å². The first-order valence-corrected chi connectivity index (χ1v) is 5.14. The summed E-state index contributed by atoms with van der Waals surface area (Å²) >= 11 is 0. The zero-order valence-corrected chi connectivity index (χ0v) is 8.34. The Bertz CT molecular complexity index is 368. The van der Waals surface area contributed by atoms with Gasteiger partial charge in [-0.3, -0.25) is 4.79 Å². The second kappa shape index (κ2) is 3.82. The van der Waals surface area contributed by atoms with E-state index in [4.69, 9.17) is 0 Å². The molecule has 0 aromatic carbocycles. The van der Waals surface area contributed by atoms with Gasteiger partial charge in [-0.15, -0.1) is 0 Å². The molecule has 4 heteroatoms. The molecule has 1 aliphatic rings. The number of nitrogens with one attached hydrogen (secondary N) is 2. The summed E-state index contributed by atoms with van der Waals surface area (Å²) in [6.07, 6.45) is 3.34. The molecule has 0 radical (unpaired) electrons. The van der Waals surface area contributed by atoms with Crippen molar-refractivity contribution in [1.29, 1.82) is 0 Å². The van der Waals surface area contributed by atoms with Crippen molar-refractivity contribution in [3.63, 3.8) is 0 Å². The molecule has 0 aliphatic heterocycles. The molecule has 2 N–H and O–H groups in total. The minimum absolute atomic E-state index is 0.0551. The van der Waals surface area contributed by atoms with E-state index < -0.39 is 0 Å². The van der Waals surface area contributed by atoms with Crippen LogP contribution >= 0.6 is 0 Å². The average Bonchev–Trinajstić information content (AvgIpc) is 2.97. The van der Waals surface area contributed by atoms with Gasteiger partial charge in [-0.1, -0.05) is 6.92 Å². The molecule has 0 saturated heterocycles. The van der Waals surface area contributed by atoms with E-state index >= 15 is 0 Å². The smallest absolute Gasteiger partial charge is 0.252 e. The molecule has 14 heavy (non-hydrogen) atoms. The highest BCUT2D eigenvalue weighted by molar-refractivity contribution is 5.33. The lowest BCUT2D eigenvalue weighted by atomic mass is 10.4. The van der Waals surface area contributed by atoms with Gasteiger partial charge >= 0.3 is 0 Å². The average molecular weight is 193 g/mol. The molecule has 0 unspecified atom stereocenters. The van der Waals surface area contributed by atoms with E-state index in [1.807, 2.05) is 0 Å². The maximum atomic E-state index is 11.3. The lowest BCUT2D eigenvalue weighted by Gasteiger charge is -2.04. The van der Waals surface area contributed by atoms with E-state index in [-0.39, 0.29) is 5.56 Å². The van der Waals surface area contributed by atoms with Gasteiger partial charge in [-0.25, -0.2) is 4.98 Å². The quantitative estimate of drug-likeness (QED) is 0.761. The third-order valence-corrected chi connectivity index (χ3v) is 2.28. The van der Waals surface area contributed by atoms with Gasteiger partial charge in [-0.05, 0) is 19.3 Å². The number of aromatic nitrogens is 2. The van der Waals surface area contributed by atoms with Gasteiger partial charge in [0.1, 0.15) is 11.6 Å². The van der Waals surface area contributed by atoms with Crippen molar-refractivity contribution in [2.45, 2.75) is 32.1 Å². The van der Waals surface area contributed by atoms with Crippen LogP contribution in [0.1, 0.15) is 37.9 Å². The van der Waals surface area contributed by atoms with Crippen LogP contribution in [0.4, 0.5) is 5.82 Å². The summed E-state index contributed by atoms with van der Waals surface area (Å²) in [5.74, 6) is 2.04. The standard InChI is InChI=1S/C10H15N3O/c1-2-5-11-8-6-9(14)13-10(12-8)7-3-4-7/h6-7H,2-5H2,1H3,(H2,11,12,13,14). The van der Waals surface area contributed by atoms with Gasteiger partial charge in [0, 0.05) is 18.5 Å². The van der Waals surface area contributed by atoms with Crippen LogP contribution in [0.3, 0.4) is 0 Å². The second-order valence-electron chi connectivity index (χ2n) is 3.72. The summed E-state index contributed by atoms with van der Waals surface area (Å²) in [4.78, 5) is 18.4. The summed E-state index contributed by atoms with van der Waals surface area (Å²) in [7, 11) is 0. The number of hydrogen-bond donors (Lipinski definition) is 2. The lowest BCUT2D eigenvalue weighted by molar-refractivity contribution is 0.894. The molecule has 76 valence electrons. The van der Waals surface area contributed by atoms with Crippen molar-refractivity contribution in [2.24, 2.45) is 0 Å². The summed E-state index contributed by atoms with van der Waals surface area (Å²) in [5, 5.41) is 3.13. The fourth-order valence-electron chi connectivity index (χ4n) is 1.37. The van der Waals surface area contributed by atoms with Crippen LogP contribution in [0.2, 0.25) is 0 Å². The molecule has 2 rings (SSSR count). The van der Waals surface area contributed by atoms with Crippen molar-refractivity contribution in [3.05, 3.63) is 22.2 Å². The maximum absolute atomic E-state index is 11.3. The molecule has 1 aromatic heterocycles. The van der Waals surface area contributed by atoms with Gasteiger partial charge in [0.2, 0.25) is 0 Å². The van der Waals surface area contributed by atoms with Crippen molar-refractivity contribution in [1.82, 2.24) is 9.97 Å². The monoisotopic (exact) mass is 193 g/mol. The van der Waals surface area contributed by atoms with Crippen molar-refractivity contribution in [3.8, 4) is 0 Å². The van der Waals surface area contributed by atoms with Crippen molar-refractivity contribution >= 4 is 5.82 Å².